The first-order valence-corrected chi connectivity index (χ1v) is 8.63. The first-order chi connectivity index (χ1) is 12.2. The summed E-state index contributed by atoms with van der Waals surface area (Å²) in [6, 6.07) is 8.58. The van der Waals surface area contributed by atoms with E-state index in [-0.39, 0.29) is 37.7 Å². The molecule has 26 heavy (non-hydrogen) atoms. The van der Waals surface area contributed by atoms with Crippen molar-refractivity contribution in [2.45, 2.75) is 58.3 Å². The van der Waals surface area contributed by atoms with Crippen molar-refractivity contribution in [3.63, 3.8) is 0 Å². The van der Waals surface area contributed by atoms with Crippen molar-refractivity contribution >= 4 is 17.8 Å². The van der Waals surface area contributed by atoms with Gasteiger partial charge in [0.1, 0.15) is 12.2 Å². The standard InChI is InChI=1S/C19H28N2O5/c1-19(2,3)26-18(24)21-15(16(22)12-20)10-7-11-17(23)25-13-14-8-5-4-6-9-14/h4-6,8-9,15H,7,10-13,20H2,1-3H3,(H,21,24)/t15-/m0/s1. The van der Waals surface area contributed by atoms with Gasteiger partial charge in [-0.2, -0.15) is 0 Å². The third-order valence-corrected chi connectivity index (χ3v) is 3.40. The van der Waals surface area contributed by atoms with Crippen molar-refractivity contribution in [2.75, 3.05) is 6.54 Å². The van der Waals surface area contributed by atoms with Crippen molar-refractivity contribution in [2.24, 2.45) is 5.73 Å². The van der Waals surface area contributed by atoms with Crippen LogP contribution in [0, 0.1) is 0 Å². The number of ketones is 1. The molecule has 0 heterocycles. The van der Waals surface area contributed by atoms with E-state index in [0.717, 1.165) is 5.56 Å². The summed E-state index contributed by atoms with van der Waals surface area (Å²) in [5.41, 5.74) is 5.63. The van der Waals surface area contributed by atoms with Gasteiger partial charge in [-0.1, -0.05) is 30.3 Å². The average molecular weight is 364 g/mol. The molecule has 0 unspecified atom stereocenters. The minimum Gasteiger partial charge on any atom is -0.461 e. The molecule has 7 heteroatoms. The van der Waals surface area contributed by atoms with E-state index in [2.05, 4.69) is 5.32 Å². The zero-order chi connectivity index (χ0) is 19.6. The number of alkyl carbamates (subject to hydrolysis) is 1. The Morgan fingerprint density at radius 3 is 2.38 bits per heavy atom. The van der Waals surface area contributed by atoms with Gasteiger partial charge in [0.25, 0.3) is 0 Å². The number of carbonyl (C=O) groups is 3. The van der Waals surface area contributed by atoms with E-state index in [1.165, 1.54) is 0 Å². The third kappa shape index (κ3) is 9.17. The molecular weight excluding hydrogens is 336 g/mol. The minimum atomic E-state index is -0.781. The fraction of sp³-hybridized carbons (Fsp3) is 0.526. The molecule has 0 aliphatic heterocycles. The number of carbonyl (C=O) groups excluding carboxylic acids is 3. The molecule has 0 saturated carbocycles. The lowest BCUT2D eigenvalue weighted by Crippen LogP contribution is -2.45. The van der Waals surface area contributed by atoms with Crippen molar-refractivity contribution in [3.05, 3.63) is 35.9 Å². The van der Waals surface area contributed by atoms with Gasteiger partial charge in [0.05, 0.1) is 12.6 Å². The van der Waals surface area contributed by atoms with Gasteiger partial charge in [-0.05, 0) is 39.2 Å². The smallest absolute Gasteiger partial charge is 0.408 e. The minimum absolute atomic E-state index is 0.150. The Balaban J connectivity index is 2.40. The molecule has 0 aliphatic carbocycles. The topological polar surface area (TPSA) is 108 Å². The zero-order valence-corrected chi connectivity index (χ0v) is 15.6. The van der Waals surface area contributed by atoms with Gasteiger partial charge in [0, 0.05) is 6.42 Å². The van der Waals surface area contributed by atoms with Crippen LogP contribution in [0.3, 0.4) is 0 Å². The van der Waals surface area contributed by atoms with Gasteiger partial charge in [0.2, 0.25) is 0 Å². The van der Waals surface area contributed by atoms with Crippen LogP contribution in [0.25, 0.3) is 0 Å². The highest BCUT2D eigenvalue weighted by Crippen LogP contribution is 2.09. The van der Waals surface area contributed by atoms with E-state index < -0.39 is 17.7 Å². The largest absolute Gasteiger partial charge is 0.461 e. The van der Waals surface area contributed by atoms with Crippen LogP contribution in [0.5, 0.6) is 0 Å². The monoisotopic (exact) mass is 364 g/mol. The number of Topliss-reactive ketones (excluding diaryl/α,β-unsaturated/α-hetero) is 1. The third-order valence-electron chi connectivity index (χ3n) is 3.40. The predicted molar refractivity (Wildman–Crippen MR) is 97.3 cm³/mol. The van der Waals surface area contributed by atoms with Gasteiger partial charge in [-0.3, -0.25) is 9.59 Å². The van der Waals surface area contributed by atoms with Gasteiger partial charge in [-0.15, -0.1) is 0 Å². The Morgan fingerprint density at radius 2 is 1.81 bits per heavy atom. The van der Waals surface area contributed by atoms with Crippen LogP contribution >= 0.6 is 0 Å². The quantitative estimate of drug-likeness (QED) is 0.651. The number of ether oxygens (including phenoxy) is 2. The molecule has 144 valence electrons. The summed E-state index contributed by atoms with van der Waals surface area (Å²) < 4.78 is 10.3. The average Bonchev–Trinajstić information content (AvgIpc) is 2.57. The highest BCUT2D eigenvalue weighted by atomic mass is 16.6. The van der Waals surface area contributed by atoms with Crippen LogP contribution in [0.2, 0.25) is 0 Å². The second-order valence-corrected chi connectivity index (χ2v) is 6.91. The summed E-state index contributed by atoms with van der Waals surface area (Å²) in [5.74, 6) is -0.668. The second-order valence-electron chi connectivity index (χ2n) is 6.91. The fourth-order valence-electron chi connectivity index (χ4n) is 2.17. The number of benzene rings is 1. The van der Waals surface area contributed by atoms with Crippen LogP contribution in [-0.4, -0.2) is 36.0 Å². The summed E-state index contributed by atoms with van der Waals surface area (Å²) in [6.07, 6.45) is 0.142. The highest BCUT2D eigenvalue weighted by molar-refractivity contribution is 5.88. The maximum atomic E-state index is 11.9. The van der Waals surface area contributed by atoms with Crippen LogP contribution in [0.4, 0.5) is 4.79 Å². The Kier molecular flexibility index (Phi) is 8.78. The Bertz CT molecular complexity index is 596. The maximum absolute atomic E-state index is 11.9. The lowest BCUT2D eigenvalue weighted by molar-refractivity contribution is -0.145. The summed E-state index contributed by atoms with van der Waals surface area (Å²) in [7, 11) is 0. The molecule has 3 N–H and O–H groups in total. The van der Waals surface area contributed by atoms with E-state index in [9.17, 15) is 14.4 Å². The van der Waals surface area contributed by atoms with Gasteiger partial charge >= 0.3 is 12.1 Å². The number of amides is 1. The normalized spacial score (nSPS) is 12.2. The molecule has 0 fully saturated rings. The SMILES string of the molecule is CC(C)(C)OC(=O)N[C@@H](CCCC(=O)OCc1ccccc1)C(=O)CN. The van der Waals surface area contributed by atoms with Crippen molar-refractivity contribution < 1.29 is 23.9 Å². The molecule has 1 aromatic carbocycles. The Hall–Kier alpha value is -2.41. The Morgan fingerprint density at radius 1 is 1.15 bits per heavy atom. The molecule has 0 bridgehead atoms. The van der Waals surface area contributed by atoms with E-state index in [1.807, 2.05) is 30.3 Å². The number of nitrogens with one attached hydrogen (secondary N) is 1. The van der Waals surface area contributed by atoms with Gasteiger partial charge in [0.15, 0.2) is 5.78 Å². The molecule has 1 atom stereocenters. The molecule has 0 aliphatic rings. The number of hydrogen-bond donors (Lipinski definition) is 2. The molecule has 1 amide bonds. The summed E-state index contributed by atoms with van der Waals surface area (Å²) >= 11 is 0. The summed E-state index contributed by atoms with van der Waals surface area (Å²) in [6.45, 7) is 5.21. The lowest BCUT2D eigenvalue weighted by atomic mass is 10.1. The summed E-state index contributed by atoms with van der Waals surface area (Å²) in [5, 5.41) is 2.51. The molecule has 0 spiro atoms. The highest BCUT2D eigenvalue weighted by Gasteiger charge is 2.23. The molecule has 0 radical (unpaired) electrons. The summed E-state index contributed by atoms with van der Waals surface area (Å²) in [4.78, 5) is 35.5. The number of esters is 1. The van der Waals surface area contributed by atoms with E-state index in [4.69, 9.17) is 15.2 Å². The lowest BCUT2D eigenvalue weighted by Gasteiger charge is -2.22. The fourth-order valence-corrected chi connectivity index (χ4v) is 2.17. The van der Waals surface area contributed by atoms with Crippen molar-refractivity contribution in [1.82, 2.24) is 5.32 Å². The molecule has 7 nitrogen and oxygen atoms in total. The van der Waals surface area contributed by atoms with Gasteiger partial charge in [-0.25, -0.2) is 4.79 Å². The molecule has 0 aromatic heterocycles. The zero-order valence-electron chi connectivity index (χ0n) is 15.6. The van der Waals surface area contributed by atoms with Crippen LogP contribution in [-0.2, 0) is 25.7 Å². The van der Waals surface area contributed by atoms with E-state index >= 15 is 0 Å². The number of nitrogens with two attached hydrogens (primary N) is 1. The molecule has 1 aromatic rings. The van der Waals surface area contributed by atoms with Crippen molar-refractivity contribution in [3.8, 4) is 0 Å². The van der Waals surface area contributed by atoms with E-state index in [1.54, 1.807) is 20.8 Å². The van der Waals surface area contributed by atoms with Gasteiger partial charge < -0.3 is 20.5 Å². The first-order valence-electron chi connectivity index (χ1n) is 8.63. The Labute approximate surface area is 154 Å². The van der Waals surface area contributed by atoms with Crippen LogP contribution in [0.1, 0.15) is 45.6 Å². The first kappa shape index (κ1) is 21.6. The molecule has 1 rings (SSSR count). The van der Waals surface area contributed by atoms with Crippen LogP contribution in [0.15, 0.2) is 30.3 Å². The molecular formula is C19H28N2O5. The maximum Gasteiger partial charge on any atom is 0.408 e. The molecule has 0 saturated heterocycles. The van der Waals surface area contributed by atoms with Crippen molar-refractivity contribution in [1.29, 1.82) is 0 Å². The second kappa shape index (κ2) is 10.6. The number of rotatable bonds is 9. The number of hydrogen-bond acceptors (Lipinski definition) is 6. The predicted octanol–water partition coefficient (Wildman–Crippen LogP) is 2.32. The van der Waals surface area contributed by atoms with E-state index in [0.29, 0.717) is 6.42 Å². The van der Waals surface area contributed by atoms with Crippen LogP contribution < -0.4 is 11.1 Å².